The fraction of sp³-hybridized carbons (Fsp3) is 0.333. The van der Waals surface area contributed by atoms with Crippen molar-refractivity contribution < 1.29 is 9.59 Å². The lowest BCUT2D eigenvalue weighted by atomic mass is 10.2. The van der Waals surface area contributed by atoms with Crippen LogP contribution in [0, 0.1) is 0 Å². The lowest BCUT2D eigenvalue weighted by molar-refractivity contribution is -0.119. The first kappa shape index (κ1) is 12.0. The number of nitrogens with one attached hydrogen (secondary N) is 2. The highest BCUT2D eigenvalue weighted by molar-refractivity contribution is 7.80. The number of carbonyl (C=O) groups excluding carboxylic acids is 2. The van der Waals surface area contributed by atoms with E-state index in [0.717, 1.165) is 11.3 Å². The predicted molar refractivity (Wildman–Crippen MR) is 67.2 cm³/mol. The van der Waals surface area contributed by atoms with Gasteiger partial charge in [-0.2, -0.15) is 0 Å². The minimum absolute atomic E-state index is 0.0570. The van der Waals surface area contributed by atoms with Gasteiger partial charge in [-0.1, -0.05) is 6.07 Å². The Labute approximate surface area is 105 Å². The van der Waals surface area contributed by atoms with E-state index in [1.165, 1.54) is 0 Å². The maximum Gasteiger partial charge on any atom is 0.251 e. The summed E-state index contributed by atoms with van der Waals surface area (Å²) in [5.74, 6) is -0.0800. The first-order chi connectivity index (χ1) is 8.15. The second-order valence-corrected chi connectivity index (χ2v) is 4.58. The standard InChI is InChI=1S/C12H14N2O2S/c15-11-5-4-9(14-11)7-13-12(16)8-2-1-3-10(17)6-8/h1-3,6,9,17H,4-5,7H2,(H,13,16)(H,14,15). The third kappa shape index (κ3) is 3.23. The Morgan fingerprint density at radius 2 is 2.35 bits per heavy atom. The summed E-state index contributed by atoms with van der Waals surface area (Å²) in [6.07, 6.45) is 1.33. The van der Waals surface area contributed by atoms with E-state index in [2.05, 4.69) is 23.3 Å². The maximum absolute atomic E-state index is 11.8. The van der Waals surface area contributed by atoms with Crippen molar-refractivity contribution in [2.45, 2.75) is 23.8 Å². The summed E-state index contributed by atoms with van der Waals surface area (Å²) in [6, 6.07) is 7.12. The lowest BCUT2D eigenvalue weighted by Gasteiger charge is -2.11. The molecule has 4 nitrogen and oxygen atoms in total. The molecular weight excluding hydrogens is 236 g/mol. The Hall–Kier alpha value is -1.49. The van der Waals surface area contributed by atoms with Crippen LogP contribution >= 0.6 is 12.6 Å². The van der Waals surface area contributed by atoms with Gasteiger partial charge < -0.3 is 10.6 Å². The van der Waals surface area contributed by atoms with Crippen LogP contribution in [0.1, 0.15) is 23.2 Å². The van der Waals surface area contributed by atoms with Gasteiger partial charge in [-0.15, -0.1) is 12.6 Å². The van der Waals surface area contributed by atoms with Gasteiger partial charge in [0.2, 0.25) is 5.91 Å². The minimum Gasteiger partial charge on any atom is -0.352 e. The molecule has 0 aliphatic carbocycles. The van der Waals surface area contributed by atoms with E-state index >= 15 is 0 Å². The molecule has 0 saturated carbocycles. The van der Waals surface area contributed by atoms with E-state index in [1.54, 1.807) is 18.2 Å². The molecule has 1 aromatic carbocycles. The van der Waals surface area contributed by atoms with Crippen LogP contribution < -0.4 is 10.6 Å². The van der Waals surface area contributed by atoms with Crippen LogP contribution in [0.5, 0.6) is 0 Å². The first-order valence-corrected chi connectivity index (χ1v) is 5.96. The molecule has 90 valence electrons. The minimum atomic E-state index is -0.137. The molecule has 0 radical (unpaired) electrons. The van der Waals surface area contributed by atoms with E-state index in [4.69, 9.17) is 0 Å². The highest BCUT2D eigenvalue weighted by Gasteiger charge is 2.20. The lowest BCUT2D eigenvalue weighted by Crippen LogP contribution is -2.38. The van der Waals surface area contributed by atoms with E-state index in [1.807, 2.05) is 6.07 Å². The summed E-state index contributed by atoms with van der Waals surface area (Å²) in [7, 11) is 0. The van der Waals surface area contributed by atoms with Crippen molar-refractivity contribution in [1.82, 2.24) is 10.6 Å². The largest absolute Gasteiger partial charge is 0.352 e. The summed E-state index contributed by atoms with van der Waals surface area (Å²) in [5.41, 5.74) is 0.585. The van der Waals surface area contributed by atoms with Gasteiger partial charge >= 0.3 is 0 Å². The van der Waals surface area contributed by atoms with Gasteiger partial charge in [-0.05, 0) is 24.6 Å². The van der Waals surface area contributed by atoms with Crippen LogP contribution in [-0.4, -0.2) is 24.4 Å². The van der Waals surface area contributed by atoms with Crippen LogP contribution in [0.4, 0.5) is 0 Å². The Morgan fingerprint density at radius 1 is 1.53 bits per heavy atom. The molecule has 5 heteroatoms. The number of rotatable bonds is 3. The smallest absolute Gasteiger partial charge is 0.251 e. The Balaban J connectivity index is 1.87. The first-order valence-electron chi connectivity index (χ1n) is 5.52. The van der Waals surface area contributed by atoms with E-state index < -0.39 is 0 Å². The third-order valence-corrected chi connectivity index (χ3v) is 2.98. The molecule has 1 aliphatic heterocycles. The van der Waals surface area contributed by atoms with Crippen LogP contribution in [-0.2, 0) is 4.79 Å². The van der Waals surface area contributed by atoms with Crippen LogP contribution in [0.2, 0.25) is 0 Å². The highest BCUT2D eigenvalue weighted by atomic mass is 32.1. The average molecular weight is 250 g/mol. The molecule has 1 aromatic rings. The maximum atomic E-state index is 11.8. The Morgan fingerprint density at radius 3 is 3.00 bits per heavy atom. The molecule has 1 heterocycles. The number of thiol groups is 1. The molecule has 1 fully saturated rings. The van der Waals surface area contributed by atoms with Crippen molar-refractivity contribution in [1.29, 1.82) is 0 Å². The Bertz CT molecular complexity index is 448. The quantitative estimate of drug-likeness (QED) is 0.701. The molecule has 17 heavy (non-hydrogen) atoms. The van der Waals surface area contributed by atoms with Gasteiger partial charge in [0, 0.05) is 29.5 Å². The summed E-state index contributed by atoms with van der Waals surface area (Å²) in [5, 5.41) is 5.60. The van der Waals surface area contributed by atoms with E-state index in [9.17, 15) is 9.59 Å². The fourth-order valence-electron chi connectivity index (χ4n) is 1.80. The van der Waals surface area contributed by atoms with Crippen molar-refractivity contribution in [3.05, 3.63) is 29.8 Å². The summed E-state index contributed by atoms with van der Waals surface area (Å²) >= 11 is 4.18. The zero-order chi connectivity index (χ0) is 12.3. The van der Waals surface area contributed by atoms with Gasteiger partial charge in [-0.25, -0.2) is 0 Å². The van der Waals surface area contributed by atoms with Gasteiger partial charge in [0.25, 0.3) is 5.91 Å². The fourth-order valence-corrected chi connectivity index (χ4v) is 2.02. The average Bonchev–Trinajstić information content (AvgIpc) is 2.72. The number of hydrogen-bond donors (Lipinski definition) is 3. The monoisotopic (exact) mass is 250 g/mol. The van der Waals surface area contributed by atoms with E-state index in [0.29, 0.717) is 18.5 Å². The van der Waals surface area contributed by atoms with Gasteiger partial charge in [-0.3, -0.25) is 9.59 Å². The normalized spacial score (nSPS) is 18.9. The third-order valence-electron chi connectivity index (χ3n) is 2.70. The summed E-state index contributed by atoms with van der Waals surface area (Å²) < 4.78 is 0. The topological polar surface area (TPSA) is 58.2 Å². The summed E-state index contributed by atoms with van der Waals surface area (Å²) in [6.45, 7) is 0.474. The molecule has 0 bridgehead atoms. The second kappa shape index (κ2) is 5.23. The van der Waals surface area contributed by atoms with Gasteiger partial charge in [0.05, 0.1) is 0 Å². The number of hydrogen-bond acceptors (Lipinski definition) is 3. The molecule has 2 amide bonds. The molecule has 0 aromatic heterocycles. The molecule has 2 rings (SSSR count). The van der Waals surface area contributed by atoms with Crippen molar-refractivity contribution in [3.63, 3.8) is 0 Å². The van der Waals surface area contributed by atoms with Crippen molar-refractivity contribution in [3.8, 4) is 0 Å². The van der Waals surface area contributed by atoms with Crippen molar-refractivity contribution >= 4 is 24.4 Å². The number of benzene rings is 1. The molecule has 0 spiro atoms. The van der Waals surface area contributed by atoms with Crippen LogP contribution in [0.25, 0.3) is 0 Å². The highest BCUT2D eigenvalue weighted by Crippen LogP contribution is 2.09. The van der Waals surface area contributed by atoms with E-state index in [-0.39, 0.29) is 17.9 Å². The molecular formula is C12H14N2O2S. The zero-order valence-electron chi connectivity index (χ0n) is 9.27. The molecule has 1 atom stereocenters. The number of carbonyl (C=O) groups is 2. The molecule has 1 saturated heterocycles. The SMILES string of the molecule is O=C1CCC(CNC(=O)c2cccc(S)c2)N1. The Kier molecular flexibility index (Phi) is 3.68. The number of amides is 2. The van der Waals surface area contributed by atoms with Crippen LogP contribution in [0.15, 0.2) is 29.2 Å². The van der Waals surface area contributed by atoms with Crippen LogP contribution in [0.3, 0.4) is 0 Å². The second-order valence-electron chi connectivity index (χ2n) is 4.06. The van der Waals surface area contributed by atoms with Crippen molar-refractivity contribution in [2.75, 3.05) is 6.54 Å². The van der Waals surface area contributed by atoms with Gasteiger partial charge in [0.1, 0.15) is 0 Å². The predicted octanol–water partition coefficient (Wildman–Crippen LogP) is 0.984. The molecule has 1 unspecified atom stereocenters. The van der Waals surface area contributed by atoms with Gasteiger partial charge in [0.15, 0.2) is 0 Å². The molecule has 2 N–H and O–H groups in total. The summed E-state index contributed by atoms with van der Waals surface area (Å²) in [4.78, 5) is 23.5. The zero-order valence-corrected chi connectivity index (χ0v) is 10.2. The van der Waals surface area contributed by atoms with Crippen molar-refractivity contribution in [2.24, 2.45) is 0 Å². The molecule has 1 aliphatic rings.